The molecule has 0 aliphatic carbocycles. The number of benzene rings is 3. The van der Waals surface area contributed by atoms with E-state index in [9.17, 15) is 14.7 Å². The minimum Gasteiger partial charge on any atom is -0.491 e. The van der Waals surface area contributed by atoms with Gasteiger partial charge in [0.25, 0.3) is 0 Å². The molecule has 0 saturated carbocycles. The minimum absolute atomic E-state index is 0.0276. The van der Waals surface area contributed by atoms with Gasteiger partial charge < -0.3 is 49.8 Å². The summed E-state index contributed by atoms with van der Waals surface area (Å²) in [6.45, 7) is 13.4. The van der Waals surface area contributed by atoms with Gasteiger partial charge in [0.15, 0.2) is 0 Å². The van der Waals surface area contributed by atoms with E-state index in [1.165, 1.54) is 7.11 Å². The van der Waals surface area contributed by atoms with Gasteiger partial charge in [0, 0.05) is 40.7 Å². The first-order valence-electron chi connectivity index (χ1n) is 23.5. The van der Waals surface area contributed by atoms with Gasteiger partial charge in [-0.2, -0.15) is 0 Å². The summed E-state index contributed by atoms with van der Waals surface area (Å²) in [6, 6.07) is 21.7. The first-order valence-corrected chi connectivity index (χ1v) is 23.5. The molecule has 7 unspecified atom stereocenters. The quantitative estimate of drug-likeness (QED) is 0.0708. The molecule has 3 aromatic carbocycles. The van der Waals surface area contributed by atoms with Crippen molar-refractivity contribution in [1.82, 2.24) is 39.6 Å². The van der Waals surface area contributed by atoms with Crippen molar-refractivity contribution in [3.05, 3.63) is 96.3 Å². The topological polar surface area (TPSA) is 189 Å². The number of methoxy groups -OCH3 is 1. The van der Waals surface area contributed by atoms with Crippen molar-refractivity contribution in [2.75, 3.05) is 20.2 Å². The molecule has 0 radical (unpaired) electrons. The highest BCUT2D eigenvalue weighted by molar-refractivity contribution is 5.92. The Morgan fingerprint density at radius 3 is 2.30 bits per heavy atom. The average molecular weight is 898 g/mol. The summed E-state index contributed by atoms with van der Waals surface area (Å²) in [7, 11) is 1.33. The number of hydrogen-bond donors (Lipinski definition) is 5. The smallest absolute Gasteiger partial charge is 0.407 e. The predicted octanol–water partition coefficient (Wildman–Crippen LogP) is 8.69. The average Bonchev–Trinajstić information content (AvgIpc) is 4.18. The molecule has 6 N–H and O–H groups in total. The molecule has 3 aromatic heterocycles. The van der Waals surface area contributed by atoms with Gasteiger partial charge in [-0.05, 0) is 93.3 Å². The fraction of sp³-hybridized carbons (Fsp3) is 0.451. The number of fused-ring (bicyclic) bond motifs is 5. The second-order valence-electron chi connectivity index (χ2n) is 18.8. The molecule has 348 valence electrons. The number of imidazole rings is 2. The van der Waals surface area contributed by atoms with Gasteiger partial charge in [-0.3, -0.25) is 9.69 Å². The van der Waals surface area contributed by atoms with Crippen LogP contribution in [0.5, 0.6) is 11.5 Å². The fourth-order valence-corrected chi connectivity index (χ4v) is 9.79. The maximum Gasteiger partial charge on any atom is 0.407 e. The number of carbonyl (C=O) groups excluding carboxylic acids is 2. The number of carbonyl (C=O) groups is 2. The van der Waals surface area contributed by atoms with Crippen molar-refractivity contribution in [1.29, 1.82) is 0 Å². The van der Waals surface area contributed by atoms with Gasteiger partial charge in [0.1, 0.15) is 29.4 Å². The summed E-state index contributed by atoms with van der Waals surface area (Å²) in [5.41, 5.74) is 13.9. The molecule has 2 amide bonds. The van der Waals surface area contributed by atoms with Gasteiger partial charge in [0.05, 0.1) is 72.4 Å². The van der Waals surface area contributed by atoms with Crippen molar-refractivity contribution in [2.45, 2.75) is 116 Å². The standard InChI is InChI=1S/C51H63N9O6/c1-8-30(6)65-35-13-9-12-33(23-35)50-60-39-19-17-31(37-26-53-47(55-37)41-15-11-21-59(41)49(62)45(29(4)5)57-51(63)64-7)22-34(39)24-42(60)36-18-16-32(25-43(36)66-50)38-27-54-46(56-38)40-14-10-20-58(40)48(61)44(52)28(2)3/h9,12-13,16-19,22-30,40-41,44-45,49-50,62H,8,10-11,14-15,20-21,52H2,1-7H3,(H,53,55)(H,54,56)(H,57,63). The third kappa shape index (κ3) is 8.55. The molecule has 6 heterocycles. The zero-order valence-electron chi connectivity index (χ0n) is 39.0. The normalized spacial score (nSPS) is 20.2. The van der Waals surface area contributed by atoms with Gasteiger partial charge in [0.2, 0.25) is 12.1 Å². The van der Waals surface area contributed by atoms with Gasteiger partial charge in [-0.25, -0.2) is 14.8 Å². The minimum atomic E-state index is -0.920. The second-order valence-corrected chi connectivity index (χ2v) is 18.8. The number of H-pyrrole nitrogens is 2. The van der Waals surface area contributed by atoms with Crippen molar-refractivity contribution in [3.63, 3.8) is 0 Å². The highest BCUT2D eigenvalue weighted by atomic mass is 16.5. The summed E-state index contributed by atoms with van der Waals surface area (Å²) < 4.78 is 20.5. The summed E-state index contributed by atoms with van der Waals surface area (Å²) in [4.78, 5) is 46.2. The molecule has 0 bridgehead atoms. The second kappa shape index (κ2) is 18.6. The highest BCUT2D eigenvalue weighted by Crippen LogP contribution is 2.47. The Balaban J connectivity index is 1.05. The summed E-state index contributed by atoms with van der Waals surface area (Å²) >= 11 is 0. The lowest BCUT2D eigenvalue weighted by Gasteiger charge is -2.35. The van der Waals surface area contributed by atoms with Crippen LogP contribution < -0.4 is 20.5 Å². The molecule has 0 spiro atoms. The van der Waals surface area contributed by atoms with Crippen LogP contribution in [-0.2, 0) is 9.53 Å². The lowest BCUT2D eigenvalue weighted by molar-refractivity contribution is -0.134. The predicted molar refractivity (Wildman–Crippen MR) is 253 cm³/mol. The first-order chi connectivity index (χ1) is 31.8. The number of alkyl carbamates (subject to hydrolysis) is 1. The lowest BCUT2D eigenvalue weighted by atomic mass is 10.0. The summed E-state index contributed by atoms with van der Waals surface area (Å²) in [6.07, 6.45) is 6.08. The van der Waals surface area contributed by atoms with E-state index >= 15 is 0 Å². The molecular weight excluding hydrogens is 835 g/mol. The molecule has 2 fully saturated rings. The molecule has 2 saturated heterocycles. The number of ether oxygens (including phenoxy) is 3. The molecule has 7 atom stereocenters. The number of nitrogens with one attached hydrogen (secondary N) is 3. The number of nitrogens with zero attached hydrogens (tertiary/aromatic N) is 5. The van der Waals surface area contributed by atoms with Crippen LogP contribution in [-0.4, -0.2) is 96.0 Å². The van der Waals surface area contributed by atoms with E-state index < -0.39 is 30.6 Å². The third-order valence-corrected chi connectivity index (χ3v) is 13.8. The zero-order valence-corrected chi connectivity index (χ0v) is 39.0. The van der Waals surface area contributed by atoms with Crippen molar-refractivity contribution in [2.24, 2.45) is 17.6 Å². The van der Waals surface area contributed by atoms with Crippen LogP contribution >= 0.6 is 0 Å². The number of aromatic nitrogens is 5. The van der Waals surface area contributed by atoms with Crippen LogP contribution in [0.1, 0.15) is 109 Å². The van der Waals surface area contributed by atoms with E-state index in [1.54, 1.807) is 0 Å². The number of likely N-dealkylation sites (tertiary alicyclic amines) is 2. The van der Waals surface area contributed by atoms with Crippen molar-refractivity contribution in [3.8, 4) is 45.3 Å². The molecule has 15 heteroatoms. The molecule has 9 rings (SSSR count). The van der Waals surface area contributed by atoms with Gasteiger partial charge in [-0.1, -0.05) is 58.9 Å². The van der Waals surface area contributed by atoms with Crippen LogP contribution in [0.3, 0.4) is 0 Å². The zero-order chi connectivity index (χ0) is 46.4. The van der Waals surface area contributed by atoms with Crippen molar-refractivity contribution < 1.29 is 28.9 Å². The molecule has 3 aliphatic heterocycles. The van der Waals surface area contributed by atoms with E-state index in [0.717, 1.165) is 105 Å². The molecular formula is C51H63N9O6. The van der Waals surface area contributed by atoms with E-state index in [4.69, 9.17) is 29.9 Å². The Morgan fingerprint density at radius 1 is 0.894 bits per heavy atom. The Morgan fingerprint density at radius 2 is 1.59 bits per heavy atom. The summed E-state index contributed by atoms with van der Waals surface area (Å²) in [5, 5.41) is 15.4. The molecule has 15 nitrogen and oxygen atoms in total. The van der Waals surface area contributed by atoms with Crippen LogP contribution in [0.15, 0.2) is 79.1 Å². The van der Waals surface area contributed by atoms with E-state index in [1.807, 2.05) is 62.0 Å². The summed E-state index contributed by atoms with van der Waals surface area (Å²) in [5.74, 6) is 3.03. The van der Waals surface area contributed by atoms with Gasteiger partial charge >= 0.3 is 6.09 Å². The lowest BCUT2D eigenvalue weighted by Crippen LogP contribution is -2.54. The van der Waals surface area contributed by atoms with Gasteiger partial charge in [-0.15, -0.1) is 0 Å². The molecule has 6 aromatic rings. The number of amides is 2. The maximum absolute atomic E-state index is 13.4. The third-order valence-electron chi connectivity index (χ3n) is 13.8. The molecule has 3 aliphatic rings. The van der Waals surface area contributed by atoms with Crippen LogP contribution in [0.4, 0.5) is 4.79 Å². The van der Waals surface area contributed by atoms with Crippen LogP contribution in [0.25, 0.3) is 44.7 Å². The number of hydrogen-bond acceptors (Lipinski definition) is 10. The van der Waals surface area contributed by atoms with Crippen LogP contribution in [0, 0.1) is 11.8 Å². The number of nitrogens with two attached hydrogens (primary N) is 1. The van der Waals surface area contributed by atoms with Crippen LogP contribution in [0.2, 0.25) is 0 Å². The van der Waals surface area contributed by atoms with E-state index in [-0.39, 0.29) is 35.9 Å². The highest BCUT2D eigenvalue weighted by Gasteiger charge is 2.39. The Kier molecular flexibility index (Phi) is 12.7. The first kappa shape index (κ1) is 45.0. The SMILES string of the molecule is CCC(C)Oc1cccc(C2Oc3cc(-c4cnc(C5CCCN5C(=O)C(N)C(C)C)[nH]4)ccc3-c3cc4cc(-c5cnc(C6CCCN6C(O)C(NC(=O)OC)C(C)C)[nH]5)ccc4n32)c1. The Hall–Kier alpha value is -6.16. The number of aliphatic hydroxyl groups is 1. The Labute approximate surface area is 386 Å². The molecule has 66 heavy (non-hydrogen) atoms. The van der Waals surface area contributed by atoms with Crippen molar-refractivity contribution >= 4 is 22.9 Å². The number of rotatable bonds is 14. The number of aliphatic hydroxyl groups excluding tert-OH is 1. The van der Waals surface area contributed by atoms with E-state index in [0.29, 0.717) is 13.1 Å². The monoisotopic (exact) mass is 897 g/mol. The maximum atomic E-state index is 13.4. The largest absolute Gasteiger partial charge is 0.491 e. The number of aromatic amines is 2. The fourth-order valence-electron chi connectivity index (χ4n) is 9.79. The van der Waals surface area contributed by atoms with E-state index in [2.05, 4.69) is 88.3 Å². The Bertz CT molecular complexity index is 2700.